The molecule has 0 heterocycles. The van der Waals surface area contributed by atoms with Crippen LogP contribution in [0.2, 0.25) is 0 Å². The van der Waals surface area contributed by atoms with Gasteiger partial charge >= 0.3 is 0 Å². The first kappa shape index (κ1) is 12.9. The van der Waals surface area contributed by atoms with Gasteiger partial charge in [-0.1, -0.05) is 25.1 Å². The van der Waals surface area contributed by atoms with Crippen LogP contribution >= 0.6 is 0 Å². The molecule has 3 aliphatic rings. The van der Waals surface area contributed by atoms with Gasteiger partial charge in [0.15, 0.2) is 0 Å². The predicted octanol–water partition coefficient (Wildman–Crippen LogP) is 4.09. The van der Waals surface area contributed by atoms with Crippen LogP contribution in [0.4, 0.5) is 0 Å². The van der Waals surface area contributed by atoms with Crippen LogP contribution in [-0.4, -0.2) is 11.2 Å². The van der Waals surface area contributed by atoms with Crippen molar-refractivity contribution in [3.8, 4) is 0 Å². The normalized spacial score (nSPS) is 42.7. The van der Waals surface area contributed by atoms with Gasteiger partial charge in [0.25, 0.3) is 0 Å². The Morgan fingerprint density at radius 3 is 3.05 bits per heavy atom. The summed E-state index contributed by atoms with van der Waals surface area (Å²) in [4.78, 5) is 0. The summed E-state index contributed by atoms with van der Waals surface area (Å²) in [7, 11) is 0. The lowest BCUT2D eigenvalue weighted by Gasteiger charge is -2.51. The first-order chi connectivity index (χ1) is 9.76. The molecule has 0 spiro atoms. The molecule has 2 fully saturated rings. The fourth-order valence-electron chi connectivity index (χ4n) is 5.91. The maximum atomic E-state index is 10.6. The topological polar surface area (TPSA) is 20.2 Å². The van der Waals surface area contributed by atoms with Crippen molar-refractivity contribution in [1.82, 2.24) is 0 Å². The van der Waals surface area contributed by atoms with E-state index in [-0.39, 0.29) is 11.5 Å². The van der Waals surface area contributed by atoms with Crippen molar-refractivity contribution in [2.24, 2.45) is 17.3 Å². The molecule has 0 aliphatic heterocycles. The molecule has 20 heavy (non-hydrogen) atoms. The number of hydrogen-bond donors (Lipinski definition) is 1. The highest BCUT2D eigenvalue weighted by molar-refractivity contribution is 5.34. The Kier molecular flexibility index (Phi) is 2.96. The standard InChI is InChI=1S/C19H25O/c1-2-19-12-11-15-14-6-4-3-5-13(14)7-8-16(15)17(19)9-10-18(19)20/h4-6,15-18,20H,2,7-12H2,1H3/t15-,16-,17+,18-,19+/m1/s1. The molecule has 3 aliphatic carbocycles. The summed E-state index contributed by atoms with van der Waals surface area (Å²) < 4.78 is 0. The minimum Gasteiger partial charge on any atom is -0.393 e. The lowest BCUT2D eigenvalue weighted by molar-refractivity contribution is -0.0394. The Morgan fingerprint density at radius 1 is 1.30 bits per heavy atom. The summed E-state index contributed by atoms with van der Waals surface area (Å²) in [6.07, 6.45) is 8.48. The van der Waals surface area contributed by atoms with Crippen LogP contribution in [0.5, 0.6) is 0 Å². The third-order valence-electron chi connectivity index (χ3n) is 6.90. The fraction of sp³-hybridized carbons (Fsp3) is 0.684. The molecule has 5 atom stereocenters. The molecule has 2 saturated carbocycles. The molecule has 0 amide bonds. The van der Waals surface area contributed by atoms with Crippen molar-refractivity contribution in [2.45, 2.75) is 63.9 Å². The Balaban J connectivity index is 1.72. The molecule has 0 saturated heterocycles. The molecule has 1 aromatic rings. The van der Waals surface area contributed by atoms with Crippen LogP contribution in [-0.2, 0) is 6.42 Å². The van der Waals surface area contributed by atoms with Crippen LogP contribution in [0.15, 0.2) is 18.2 Å². The lowest BCUT2D eigenvalue weighted by Crippen LogP contribution is -2.45. The van der Waals surface area contributed by atoms with Gasteiger partial charge in [-0.2, -0.15) is 0 Å². The van der Waals surface area contributed by atoms with E-state index in [1.54, 1.807) is 5.56 Å². The predicted molar refractivity (Wildman–Crippen MR) is 80.5 cm³/mol. The monoisotopic (exact) mass is 269 g/mol. The zero-order valence-electron chi connectivity index (χ0n) is 12.4. The summed E-state index contributed by atoms with van der Waals surface area (Å²) in [6.45, 7) is 2.30. The average Bonchev–Trinajstić information content (AvgIpc) is 2.85. The van der Waals surface area contributed by atoms with Gasteiger partial charge in [-0.15, -0.1) is 0 Å². The number of aliphatic hydroxyl groups is 1. The van der Waals surface area contributed by atoms with Gasteiger partial charge in [-0.05, 0) is 85.3 Å². The Labute approximate surface area is 122 Å². The lowest BCUT2D eigenvalue weighted by atomic mass is 9.54. The molecule has 1 radical (unpaired) electrons. The first-order valence-corrected chi connectivity index (χ1v) is 8.43. The molecule has 107 valence electrons. The summed E-state index contributed by atoms with van der Waals surface area (Å²) >= 11 is 0. The first-order valence-electron chi connectivity index (χ1n) is 8.43. The smallest absolute Gasteiger partial charge is 0.0599 e. The van der Waals surface area contributed by atoms with Gasteiger partial charge in [0.05, 0.1) is 6.10 Å². The molecule has 1 aromatic carbocycles. The van der Waals surface area contributed by atoms with E-state index in [0.29, 0.717) is 0 Å². The molecular weight excluding hydrogens is 244 g/mol. The molecule has 1 nitrogen and oxygen atoms in total. The van der Waals surface area contributed by atoms with Crippen molar-refractivity contribution in [2.75, 3.05) is 0 Å². The summed E-state index contributed by atoms with van der Waals surface area (Å²) in [6, 6.07) is 9.86. The second-order valence-corrected chi connectivity index (χ2v) is 7.26. The van der Waals surface area contributed by atoms with Gasteiger partial charge in [-0.3, -0.25) is 0 Å². The van der Waals surface area contributed by atoms with Crippen molar-refractivity contribution in [3.63, 3.8) is 0 Å². The van der Waals surface area contributed by atoms with E-state index in [1.165, 1.54) is 37.7 Å². The highest BCUT2D eigenvalue weighted by atomic mass is 16.3. The Bertz CT molecular complexity index is 508. The maximum absolute atomic E-state index is 10.6. The maximum Gasteiger partial charge on any atom is 0.0599 e. The molecule has 0 bridgehead atoms. The van der Waals surface area contributed by atoms with Crippen molar-refractivity contribution in [1.29, 1.82) is 0 Å². The van der Waals surface area contributed by atoms with Crippen molar-refractivity contribution >= 4 is 0 Å². The van der Waals surface area contributed by atoms with Gasteiger partial charge in [0.2, 0.25) is 0 Å². The highest BCUT2D eigenvalue weighted by Gasteiger charge is 2.55. The van der Waals surface area contributed by atoms with Gasteiger partial charge in [-0.25, -0.2) is 0 Å². The number of rotatable bonds is 1. The van der Waals surface area contributed by atoms with E-state index in [2.05, 4.69) is 31.2 Å². The number of benzene rings is 1. The Hall–Kier alpha value is -0.820. The van der Waals surface area contributed by atoms with E-state index >= 15 is 0 Å². The van der Waals surface area contributed by atoms with Crippen molar-refractivity contribution in [3.05, 3.63) is 35.4 Å². The number of aliphatic hydroxyl groups excluding tert-OH is 1. The zero-order valence-corrected chi connectivity index (χ0v) is 12.4. The largest absolute Gasteiger partial charge is 0.393 e. The fourth-order valence-corrected chi connectivity index (χ4v) is 5.91. The quantitative estimate of drug-likeness (QED) is 0.814. The van der Waals surface area contributed by atoms with Crippen LogP contribution in [0, 0.1) is 23.3 Å². The molecule has 1 heteroatoms. The van der Waals surface area contributed by atoms with Crippen molar-refractivity contribution < 1.29 is 5.11 Å². The van der Waals surface area contributed by atoms with E-state index in [4.69, 9.17) is 0 Å². The summed E-state index contributed by atoms with van der Waals surface area (Å²) in [5, 5.41) is 10.6. The number of hydrogen-bond acceptors (Lipinski definition) is 1. The average molecular weight is 269 g/mol. The summed E-state index contributed by atoms with van der Waals surface area (Å²) in [5.41, 5.74) is 3.39. The minimum absolute atomic E-state index is 0.0380. The van der Waals surface area contributed by atoms with Crippen LogP contribution in [0.3, 0.4) is 0 Å². The highest BCUT2D eigenvalue weighted by Crippen LogP contribution is 2.62. The molecular formula is C19H25O. The number of fused-ring (bicyclic) bond motifs is 5. The van der Waals surface area contributed by atoms with Crippen LogP contribution < -0.4 is 0 Å². The molecule has 0 unspecified atom stereocenters. The second-order valence-electron chi connectivity index (χ2n) is 7.26. The zero-order chi connectivity index (χ0) is 13.7. The molecule has 4 rings (SSSR count). The van der Waals surface area contributed by atoms with Crippen LogP contribution in [0.1, 0.15) is 62.5 Å². The van der Waals surface area contributed by atoms with Gasteiger partial charge in [0.1, 0.15) is 0 Å². The molecule has 0 aromatic heterocycles. The van der Waals surface area contributed by atoms with Gasteiger partial charge < -0.3 is 5.11 Å². The second kappa shape index (κ2) is 4.59. The number of aryl methyl sites for hydroxylation is 1. The van der Waals surface area contributed by atoms with E-state index in [1.807, 2.05) is 0 Å². The van der Waals surface area contributed by atoms with E-state index in [9.17, 15) is 5.11 Å². The third-order valence-corrected chi connectivity index (χ3v) is 6.90. The Morgan fingerprint density at radius 2 is 2.20 bits per heavy atom. The van der Waals surface area contributed by atoms with E-state index in [0.717, 1.165) is 30.6 Å². The van der Waals surface area contributed by atoms with Gasteiger partial charge in [0, 0.05) is 0 Å². The van der Waals surface area contributed by atoms with E-state index < -0.39 is 0 Å². The van der Waals surface area contributed by atoms with Crippen LogP contribution in [0.25, 0.3) is 0 Å². The third kappa shape index (κ3) is 1.59. The molecule has 1 N–H and O–H groups in total. The minimum atomic E-state index is -0.0380. The SMILES string of the molecule is CC[C@]12CC[C@@H]3c4cc[c]cc4CC[C@H]3[C@@H]1CC[C@H]2O. The summed E-state index contributed by atoms with van der Waals surface area (Å²) in [5.74, 6) is 2.33.